The lowest BCUT2D eigenvalue weighted by molar-refractivity contribution is 0.149. The summed E-state index contributed by atoms with van der Waals surface area (Å²) >= 11 is 0. The lowest BCUT2D eigenvalue weighted by Crippen LogP contribution is -2.44. The minimum atomic E-state index is -0.0958. The summed E-state index contributed by atoms with van der Waals surface area (Å²) in [6.07, 6.45) is 4.96. The number of aliphatic hydroxyl groups excluding tert-OH is 1. The summed E-state index contributed by atoms with van der Waals surface area (Å²) in [4.78, 5) is 2.57. The van der Waals surface area contributed by atoms with Crippen LogP contribution in [0.2, 0.25) is 0 Å². The molecule has 1 rings (SSSR count). The first-order chi connectivity index (χ1) is 7.59. The summed E-state index contributed by atoms with van der Waals surface area (Å²) in [6.45, 7) is 8.36. The molecule has 3 heteroatoms. The first-order valence-electron chi connectivity index (χ1n) is 6.62. The fourth-order valence-corrected chi connectivity index (χ4v) is 2.47. The molecule has 1 aliphatic rings. The number of nitrogens with one attached hydrogen (secondary N) is 1. The number of rotatable bonds is 6. The zero-order valence-corrected chi connectivity index (χ0v) is 11.1. The van der Waals surface area contributed by atoms with Crippen molar-refractivity contribution >= 4 is 0 Å². The quantitative estimate of drug-likeness (QED) is 0.722. The molecule has 0 bridgehead atoms. The normalized spacial score (nSPS) is 26.6. The number of likely N-dealkylation sites (N-methyl/N-ethyl adjacent to an activating group) is 1. The van der Waals surface area contributed by atoms with Gasteiger partial charge in [0.15, 0.2) is 0 Å². The Bertz CT molecular complexity index is 192. The van der Waals surface area contributed by atoms with Gasteiger partial charge in [-0.3, -0.25) is 0 Å². The van der Waals surface area contributed by atoms with Crippen LogP contribution in [0, 0.1) is 5.92 Å². The van der Waals surface area contributed by atoms with E-state index in [-0.39, 0.29) is 12.1 Å². The Morgan fingerprint density at radius 3 is 2.81 bits per heavy atom. The van der Waals surface area contributed by atoms with Crippen LogP contribution in [0.3, 0.4) is 0 Å². The standard InChI is InChI=1S/C13H28N2O/c1-12-6-4-8-15(10-12)9-5-7-13(2,11-16)14-3/h12,14,16H,4-11H2,1-3H3. The van der Waals surface area contributed by atoms with Crippen LogP contribution in [0.5, 0.6) is 0 Å². The molecule has 1 saturated heterocycles. The van der Waals surface area contributed by atoms with Gasteiger partial charge in [0.25, 0.3) is 0 Å². The summed E-state index contributed by atoms with van der Waals surface area (Å²) in [5, 5.41) is 12.5. The highest BCUT2D eigenvalue weighted by Crippen LogP contribution is 2.17. The average molecular weight is 228 g/mol. The largest absolute Gasteiger partial charge is 0.394 e. The van der Waals surface area contributed by atoms with E-state index in [4.69, 9.17) is 0 Å². The van der Waals surface area contributed by atoms with E-state index >= 15 is 0 Å². The van der Waals surface area contributed by atoms with E-state index in [1.54, 1.807) is 0 Å². The van der Waals surface area contributed by atoms with Crippen molar-refractivity contribution < 1.29 is 5.11 Å². The molecular formula is C13H28N2O. The second-order valence-electron chi connectivity index (χ2n) is 5.62. The molecule has 1 heterocycles. The van der Waals surface area contributed by atoms with Crippen LogP contribution in [-0.4, -0.2) is 48.8 Å². The Morgan fingerprint density at radius 2 is 2.25 bits per heavy atom. The highest BCUT2D eigenvalue weighted by molar-refractivity contribution is 4.81. The van der Waals surface area contributed by atoms with Gasteiger partial charge in [0.05, 0.1) is 6.61 Å². The molecule has 96 valence electrons. The minimum absolute atomic E-state index is 0.0958. The first-order valence-corrected chi connectivity index (χ1v) is 6.62. The Balaban J connectivity index is 2.19. The Labute approximate surface area is 100 Å². The van der Waals surface area contributed by atoms with Crippen LogP contribution in [0.4, 0.5) is 0 Å². The van der Waals surface area contributed by atoms with Gasteiger partial charge in [-0.05, 0) is 58.7 Å². The van der Waals surface area contributed by atoms with E-state index in [1.165, 1.54) is 38.9 Å². The van der Waals surface area contributed by atoms with Crippen LogP contribution in [0.25, 0.3) is 0 Å². The van der Waals surface area contributed by atoms with Gasteiger partial charge in [-0.15, -0.1) is 0 Å². The highest BCUT2D eigenvalue weighted by Gasteiger charge is 2.21. The SMILES string of the molecule is CNC(C)(CO)CCCN1CCCC(C)C1. The van der Waals surface area contributed by atoms with E-state index < -0.39 is 0 Å². The fraction of sp³-hybridized carbons (Fsp3) is 1.00. The molecule has 0 saturated carbocycles. The van der Waals surface area contributed by atoms with Crippen molar-refractivity contribution in [1.82, 2.24) is 10.2 Å². The summed E-state index contributed by atoms with van der Waals surface area (Å²) < 4.78 is 0. The Morgan fingerprint density at radius 1 is 1.50 bits per heavy atom. The third-order valence-electron chi connectivity index (χ3n) is 3.90. The predicted molar refractivity (Wildman–Crippen MR) is 68.6 cm³/mol. The summed E-state index contributed by atoms with van der Waals surface area (Å²) in [5.74, 6) is 0.863. The van der Waals surface area contributed by atoms with Gasteiger partial charge in [-0.1, -0.05) is 6.92 Å². The lowest BCUT2D eigenvalue weighted by Gasteiger charge is -2.32. The van der Waals surface area contributed by atoms with Gasteiger partial charge in [0.1, 0.15) is 0 Å². The molecular weight excluding hydrogens is 200 g/mol. The number of nitrogens with zero attached hydrogens (tertiary/aromatic N) is 1. The average Bonchev–Trinajstić information content (AvgIpc) is 2.29. The maximum atomic E-state index is 9.29. The van der Waals surface area contributed by atoms with Crippen LogP contribution in [-0.2, 0) is 0 Å². The first kappa shape index (κ1) is 13.9. The van der Waals surface area contributed by atoms with E-state index in [0.717, 1.165) is 12.3 Å². The molecule has 3 nitrogen and oxygen atoms in total. The molecule has 2 N–H and O–H groups in total. The molecule has 0 amide bonds. The highest BCUT2D eigenvalue weighted by atomic mass is 16.3. The maximum Gasteiger partial charge on any atom is 0.0610 e. The van der Waals surface area contributed by atoms with Crippen molar-refractivity contribution in [3.8, 4) is 0 Å². The van der Waals surface area contributed by atoms with Crippen molar-refractivity contribution in [3.63, 3.8) is 0 Å². The molecule has 2 atom stereocenters. The van der Waals surface area contributed by atoms with Crippen molar-refractivity contribution in [2.24, 2.45) is 5.92 Å². The van der Waals surface area contributed by atoms with Crippen molar-refractivity contribution in [1.29, 1.82) is 0 Å². The predicted octanol–water partition coefficient (Wildman–Crippen LogP) is 1.47. The number of piperidine rings is 1. The molecule has 1 fully saturated rings. The number of hydrogen-bond acceptors (Lipinski definition) is 3. The zero-order valence-electron chi connectivity index (χ0n) is 11.1. The van der Waals surface area contributed by atoms with Gasteiger partial charge in [0.2, 0.25) is 0 Å². The van der Waals surface area contributed by atoms with Gasteiger partial charge in [-0.25, -0.2) is 0 Å². The molecule has 0 radical (unpaired) electrons. The lowest BCUT2D eigenvalue weighted by atomic mass is 9.96. The second kappa shape index (κ2) is 6.58. The van der Waals surface area contributed by atoms with E-state index in [9.17, 15) is 5.11 Å². The third-order valence-corrected chi connectivity index (χ3v) is 3.90. The summed E-state index contributed by atoms with van der Waals surface area (Å²) in [6, 6.07) is 0. The fourth-order valence-electron chi connectivity index (χ4n) is 2.47. The van der Waals surface area contributed by atoms with Gasteiger partial charge in [0, 0.05) is 12.1 Å². The summed E-state index contributed by atoms with van der Waals surface area (Å²) in [5.41, 5.74) is -0.0958. The van der Waals surface area contributed by atoms with Crippen LogP contribution in [0.1, 0.15) is 39.5 Å². The number of hydrogen-bond donors (Lipinski definition) is 2. The molecule has 1 aliphatic heterocycles. The number of likely N-dealkylation sites (tertiary alicyclic amines) is 1. The molecule has 0 aromatic carbocycles. The topological polar surface area (TPSA) is 35.5 Å². The maximum absolute atomic E-state index is 9.29. The van der Waals surface area contributed by atoms with Crippen LogP contribution in [0.15, 0.2) is 0 Å². The van der Waals surface area contributed by atoms with E-state index in [1.807, 2.05) is 7.05 Å². The van der Waals surface area contributed by atoms with Gasteiger partial charge in [-0.2, -0.15) is 0 Å². The van der Waals surface area contributed by atoms with E-state index in [0.29, 0.717) is 0 Å². The summed E-state index contributed by atoms with van der Waals surface area (Å²) in [7, 11) is 1.93. The smallest absolute Gasteiger partial charge is 0.0610 e. The second-order valence-corrected chi connectivity index (χ2v) is 5.62. The minimum Gasteiger partial charge on any atom is -0.394 e. The molecule has 0 aromatic rings. The molecule has 0 aliphatic carbocycles. The van der Waals surface area contributed by atoms with Gasteiger partial charge < -0.3 is 15.3 Å². The molecule has 16 heavy (non-hydrogen) atoms. The van der Waals surface area contributed by atoms with Gasteiger partial charge >= 0.3 is 0 Å². The van der Waals surface area contributed by atoms with Crippen LogP contribution < -0.4 is 5.32 Å². The number of aliphatic hydroxyl groups is 1. The molecule has 0 spiro atoms. The Hall–Kier alpha value is -0.120. The molecule has 2 unspecified atom stereocenters. The zero-order chi connectivity index (χ0) is 12.0. The molecule has 0 aromatic heterocycles. The van der Waals surface area contributed by atoms with Crippen molar-refractivity contribution in [2.45, 2.75) is 45.1 Å². The Kier molecular flexibility index (Phi) is 5.73. The van der Waals surface area contributed by atoms with Crippen molar-refractivity contribution in [2.75, 3.05) is 33.3 Å². The third kappa shape index (κ3) is 4.40. The van der Waals surface area contributed by atoms with Crippen molar-refractivity contribution in [3.05, 3.63) is 0 Å². The van der Waals surface area contributed by atoms with E-state index in [2.05, 4.69) is 24.1 Å². The monoisotopic (exact) mass is 228 g/mol. The van der Waals surface area contributed by atoms with Crippen LogP contribution >= 0.6 is 0 Å².